The SMILES string of the molecule is CCCCCCCC/C=C\CCCCCCCC(=O)OCC.CCOCC. The molecule has 0 aliphatic heterocycles. The summed E-state index contributed by atoms with van der Waals surface area (Å²) in [6.07, 6.45) is 22.0. The lowest BCUT2D eigenvalue weighted by Gasteiger charge is -2.01. The van der Waals surface area contributed by atoms with Crippen molar-refractivity contribution in [1.29, 1.82) is 0 Å². The van der Waals surface area contributed by atoms with Gasteiger partial charge in [0.15, 0.2) is 0 Å². The van der Waals surface area contributed by atoms with Gasteiger partial charge in [-0.2, -0.15) is 0 Å². The van der Waals surface area contributed by atoms with Gasteiger partial charge in [0.05, 0.1) is 6.61 Å². The molecule has 0 aliphatic carbocycles. The highest BCUT2D eigenvalue weighted by Gasteiger charge is 2.00. The maximum absolute atomic E-state index is 11.1. The molecule has 0 aromatic rings. The van der Waals surface area contributed by atoms with E-state index in [2.05, 4.69) is 19.1 Å². The Labute approximate surface area is 170 Å². The average Bonchev–Trinajstić information content (AvgIpc) is 2.66. The van der Waals surface area contributed by atoms with Crippen LogP contribution in [0.25, 0.3) is 0 Å². The quantitative estimate of drug-likeness (QED) is 0.138. The Morgan fingerprint density at radius 1 is 0.630 bits per heavy atom. The number of allylic oxidation sites excluding steroid dienone is 2. The van der Waals surface area contributed by atoms with E-state index in [-0.39, 0.29) is 5.97 Å². The van der Waals surface area contributed by atoms with Crippen molar-refractivity contribution >= 4 is 5.97 Å². The summed E-state index contributed by atoms with van der Waals surface area (Å²) in [5, 5.41) is 0. The second-order valence-electron chi connectivity index (χ2n) is 6.92. The summed E-state index contributed by atoms with van der Waals surface area (Å²) in [6, 6.07) is 0. The van der Waals surface area contributed by atoms with E-state index in [0.717, 1.165) is 26.1 Å². The predicted molar refractivity (Wildman–Crippen MR) is 118 cm³/mol. The van der Waals surface area contributed by atoms with E-state index in [1.54, 1.807) is 0 Å². The second kappa shape index (κ2) is 27.4. The van der Waals surface area contributed by atoms with Crippen molar-refractivity contribution in [1.82, 2.24) is 0 Å². The van der Waals surface area contributed by atoms with E-state index < -0.39 is 0 Å². The molecule has 0 rings (SSSR count). The van der Waals surface area contributed by atoms with Crippen LogP contribution in [0.1, 0.15) is 118 Å². The van der Waals surface area contributed by atoms with Crippen LogP contribution >= 0.6 is 0 Å². The molecule has 0 aliphatic rings. The van der Waals surface area contributed by atoms with E-state index in [0.29, 0.717) is 13.0 Å². The number of carbonyl (C=O) groups is 1. The van der Waals surface area contributed by atoms with Crippen LogP contribution < -0.4 is 0 Å². The third-order valence-corrected chi connectivity index (χ3v) is 4.36. The van der Waals surface area contributed by atoms with Crippen LogP contribution in [0.2, 0.25) is 0 Å². The summed E-state index contributed by atoms with van der Waals surface area (Å²) in [6.45, 7) is 10.3. The fraction of sp³-hybridized carbons (Fsp3) is 0.875. The van der Waals surface area contributed by atoms with Crippen LogP contribution in [0.4, 0.5) is 0 Å². The highest BCUT2D eigenvalue weighted by Crippen LogP contribution is 2.10. The van der Waals surface area contributed by atoms with Crippen molar-refractivity contribution in [3.05, 3.63) is 12.2 Å². The number of esters is 1. The van der Waals surface area contributed by atoms with Crippen LogP contribution in [-0.4, -0.2) is 25.8 Å². The second-order valence-corrected chi connectivity index (χ2v) is 6.92. The first-order valence-corrected chi connectivity index (χ1v) is 11.6. The summed E-state index contributed by atoms with van der Waals surface area (Å²) in [5.74, 6) is -0.0415. The minimum atomic E-state index is -0.0415. The van der Waals surface area contributed by atoms with Gasteiger partial charge in [0.2, 0.25) is 0 Å². The van der Waals surface area contributed by atoms with Gasteiger partial charge in [-0.1, -0.05) is 70.4 Å². The van der Waals surface area contributed by atoms with Gasteiger partial charge < -0.3 is 9.47 Å². The third kappa shape index (κ3) is 30.2. The van der Waals surface area contributed by atoms with E-state index in [4.69, 9.17) is 9.47 Å². The zero-order chi connectivity index (χ0) is 20.4. The van der Waals surface area contributed by atoms with Gasteiger partial charge in [-0.15, -0.1) is 0 Å². The van der Waals surface area contributed by atoms with Gasteiger partial charge in [-0.05, 0) is 52.9 Å². The Hall–Kier alpha value is -0.830. The molecule has 0 radical (unpaired) electrons. The van der Waals surface area contributed by atoms with Crippen molar-refractivity contribution < 1.29 is 14.3 Å². The molecule has 0 amide bonds. The van der Waals surface area contributed by atoms with Gasteiger partial charge >= 0.3 is 5.97 Å². The van der Waals surface area contributed by atoms with Gasteiger partial charge in [0, 0.05) is 19.6 Å². The number of hydrogen-bond donors (Lipinski definition) is 0. The monoisotopic (exact) mass is 384 g/mol. The van der Waals surface area contributed by atoms with Gasteiger partial charge in [0.1, 0.15) is 0 Å². The van der Waals surface area contributed by atoms with E-state index >= 15 is 0 Å². The largest absolute Gasteiger partial charge is 0.466 e. The van der Waals surface area contributed by atoms with E-state index in [1.165, 1.54) is 70.6 Å². The normalized spacial score (nSPS) is 10.7. The first-order chi connectivity index (χ1) is 13.2. The van der Waals surface area contributed by atoms with Gasteiger partial charge in [-0.3, -0.25) is 4.79 Å². The topological polar surface area (TPSA) is 35.5 Å². The van der Waals surface area contributed by atoms with Gasteiger partial charge in [-0.25, -0.2) is 0 Å². The Morgan fingerprint density at radius 3 is 1.56 bits per heavy atom. The van der Waals surface area contributed by atoms with Crippen LogP contribution in [0.3, 0.4) is 0 Å². The molecule has 0 aromatic heterocycles. The molecule has 0 spiro atoms. The molecule has 0 unspecified atom stereocenters. The molecule has 0 atom stereocenters. The summed E-state index contributed by atoms with van der Waals surface area (Å²) in [7, 11) is 0. The smallest absolute Gasteiger partial charge is 0.305 e. The molecule has 162 valence electrons. The van der Waals surface area contributed by atoms with Crippen LogP contribution in [-0.2, 0) is 14.3 Å². The molecular formula is C24H48O3. The molecule has 0 aromatic carbocycles. The third-order valence-electron chi connectivity index (χ3n) is 4.36. The molecular weight excluding hydrogens is 336 g/mol. The Kier molecular flexibility index (Phi) is 28.8. The standard InChI is InChI=1S/C20H38O2.C4H10O/c1-3-5-6-7-8-9-10-11-12-13-14-15-16-17-18-19-20(21)22-4-2;1-3-5-4-2/h11-12H,3-10,13-19H2,1-2H3;3-4H2,1-2H3/b12-11-;. The van der Waals surface area contributed by atoms with Crippen LogP contribution in [0, 0.1) is 0 Å². The number of unbranched alkanes of at least 4 members (excludes halogenated alkanes) is 11. The molecule has 0 saturated carbocycles. The molecule has 0 heterocycles. The number of rotatable bonds is 18. The maximum atomic E-state index is 11.1. The number of ether oxygens (including phenoxy) is 2. The molecule has 0 saturated heterocycles. The fourth-order valence-electron chi connectivity index (χ4n) is 2.78. The lowest BCUT2D eigenvalue weighted by Crippen LogP contribution is -2.03. The summed E-state index contributed by atoms with van der Waals surface area (Å²) >= 11 is 0. The van der Waals surface area contributed by atoms with Gasteiger partial charge in [0.25, 0.3) is 0 Å². The molecule has 0 bridgehead atoms. The summed E-state index contributed by atoms with van der Waals surface area (Å²) < 4.78 is 9.75. The van der Waals surface area contributed by atoms with E-state index in [9.17, 15) is 4.79 Å². The predicted octanol–water partition coefficient (Wildman–Crippen LogP) is 7.63. The number of carbonyl (C=O) groups excluding carboxylic acids is 1. The minimum absolute atomic E-state index is 0.0415. The van der Waals surface area contributed by atoms with Crippen molar-refractivity contribution in [2.24, 2.45) is 0 Å². The first kappa shape index (κ1) is 28.4. The molecule has 3 nitrogen and oxygen atoms in total. The number of hydrogen-bond acceptors (Lipinski definition) is 3. The lowest BCUT2D eigenvalue weighted by molar-refractivity contribution is -0.143. The average molecular weight is 385 g/mol. The van der Waals surface area contributed by atoms with Crippen molar-refractivity contribution in [3.8, 4) is 0 Å². The van der Waals surface area contributed by atoms with E-state index in [1.807, 2.05) is 20.8 Å². The summed E-state index contributed by atoms with van der Waals surface area (Å²) in [5.41, 5.74) is 0. The first-order valence-electron chi connectivity index (χ1n) is 11.6. The molecule has 0 N–H and O–H groups in total. The lowest BCUT2D eigenvalue weighted by atomic mass is 10.1. The van der Waals surface area contributed by atoms with Crippen LogP contribution in [0.5, 0.6) is 0 Å². The zero-order valence-corrected chi connectivity index (χ0v) is 18.9. The minimum Gasteiger partial charge on any atom is -0.466 e. The van der Waals surface area contributed by atoms with Crippen molar-refractivity contribution in [2.75, 3.05) is 19.8 Å². The van der Waals surface area contributed by atoms with Crippen LogP contribution in [0.15, 0.2) is 12.2 Å². The summed E-state index contributed by atoms with van der Waals surface area (Å²) in [4.78, 5) is 11.1. The zero-order valence-electron chi connectivity index (χ0n) is 18.9. The Bertz CT molecular complexity index is 298. The highest BCUT2D eigenvalue weighted by atomic mass is 16.5. The maximum Gasteiger partial charge on any atom is 0.305 e. The van der Waals surface area contributed by atoms with Crippen molar-refractivity contribution in [3.63, 3.8) is 0 Å². The van der Waals surface area contributed by atoms with Crippen molar-refractivity contribution in [2.45, 2.75) is 118 Å². The Balaban J connectivity index is 0. The highest BCUT2D eigenvalue weighted by molar-refractivity contribution is 5.69. The fourth-order valence-corrected chi connectivity index (χ4v) is 2.78. The molecule has 3 heteroatoms. The Morgan fingerprint density at radius 2 is 1.11 bits per heavy atom. The molecule has 0 fully saturated rings. The molecule has 27 heavy (non-hydrogen) atoms.